The molecule has 0 radical (unpaired) electrons. The van der Waals surface area contributed by atoms with E-state index in [1.54, 1.807) is 11.9 Å². The number of hydrogen-bond donors (Lipinski definition) is 2. The number of urea groups is 1. The molecule has 1 aromatic carbocycles. The molecule has 0 saturated heterocycles. The molecular weight excluding hydrogens is 254 g/mol. The summed E-state index contributed by atoms with van der Waals surface area (Å²) in [7, 11) is 1.57. The summed E-state index contributed by atoms with van der Waals surface area (Å²) in [6, 6.07) is 8.59. The highest BCUT2D eigenvalue weighted by atomic mass is 16.2. The molecule has 3 amide bonds. The third-order valence-corrected chi connectivity index (χ3v) is 3.10. The Morgan fingerprint density at radius 3 is 2.25 bits per heavy atom. The van der Waals surface area contributed by atoms with Gasteiger partial charge in [0.15, 0.2) is 0 Å². The Hall–Kier alpha value is -2.04. The third-order valence-electron chi connectivity index (χ3n) is 3.10. The maximum absolute atomic E-state index is 12.3. The van der Waals surface area contributed by atoms with Gasteiger partial charge in [0.1, 0.15) is 6.04 Å². The molecule has 20 heavy (non-hydrogen) atoms. The Morgan fingerprint density at radius 2 is 1.80 bits per heavy atom. The quantitative estimate of drug-likeness (QED) is 0.864. The van der Waals surface area contributed by atoms with Gasteiger partial charge in [-0.25, -0.2) is 4.79 Å². The molecule has 0 aliphatic carbocycles. The molecule has 0 aliphatic heterocycles. The van der Waals surface area contributed by atoms with Crippen LogP contribution in [-0.4, -0.2) is 31.6 Å². The zero-order chi connectivity index (χ0) is 15.1. The zero-order valence-electron chi connectivity index (χ0n) is 12.5. The molecule has 0 aromatic heterocycles. The molecule has 1 rings (SSSR count). The predicted molar refractivity (Wildman–Crippen MR) is 80.7 cm³/mol. The van der Waals surface area contributed by atoms with Gasteiger partial charge in [-0.2, -0.15) is 0 Å². The highest BCUT2D eigenvalue weighted by Gasteiger charge is 2.25. The van der Waals surface area contributed by atoms with Crippen LogP contribution in [0.15, 0.2) is 30.3 Å². The summed E-state index contributed by atoms with van der Waals surface area (Å²) in [5, 5.41) is 5.37. The first-order valence-corrected chi connectivity index (χ1v) is 6.85. The summed E-state index contributed by atoms with van der Waals surface area (Å²) >= 11 is 0. The minimum atomic E-state index is -0.537. The van der Waals surface area contributed by atoms with Crippen LogP contribution in [0.5, 0.6) is 0 Å². The molecule has 0 fully saturated rings. The number of rotatable bonds is 5. The molecule has 0 aliphatic rings. The van der Waals surface area contributed by atoms with E-state index in [0.717, 1.165) is 5.69 Å². The van der Waals surface area contributed by atoms with Gasteiger partial charge in [0.25, 0.3) is 0 Å². The predicted octanol–water partition coefficient (Wildman–Crippen LogP) is 1.99. The van der Waals surface area contributed by atoms with Crippen LogP contribution in [0, 0.1) is 5.92 Å². The molecule has 0 heterocycles. The molecule has 1 atom stereocenters. The van der Waals surface area contributed by atoms with Gasteiger partial charge in [-0.15, -0.1) is 0 Å². The maximum Gasteiger partial charge on any atom is 0.322 e. The van der Waals surface area contributed by atoms with Crippen LogP contribution in [0.3, 0.4) is 0 Å². The number of anilines is 1. The molecule has 0 spiro atoms. The topological polar surface area (TPSA) is 61.4 Å². The average molecular weight is 277 g/mol. The lowest BCUT2D eigenvalue weighted by atomic mass is 10.0. The van der Waals surface area contributed by atoms with Crippen molar-refractivity contribution in [2.24, 2.45) is 5.92 Å². The van der Waals surface area contributed by atoms with Crippen LogP contribution in [0.4, 0.5) is 10.5 Å². The van der Waals surface area contributed by atoms with E-state index < -0.39 is 6.04 Å². The van der Waals surface area contributed by atoms with Crippen molar-refractivity contribution < 1.29 is 9.59 Å². The van der Waals surface area contributed by atoms with Crippen molar-refractivity contribution >= 4 is 17.6 Å². The fourth-order valence-corrected chi connectivity index (χ4v) is 1.95. The van der Waals surface area contributed by atoms with E-state index in [0.29, 0.717) is 6.54 Å². The summed E-state index contributed by atoms with van der Waals surface area (Å²) in [6.45, 7) is 6.24. The van der Waals surface area contributed by atoms with Gasteiger partial charge in [-0.1, -0.05) is 32.0 Å². The van der Waals surface area contributed by atoms with Gasteiger partial charge in [-0.05, 0) is 25.0 Å². The summed E-state index contributed by atoms with van der Waals surface area (Å²) < 4.78 is 0. The van der Waals surface area contributed by atoms with Crippen LogP contribution in [0.2, 0.25) is 0 Å². The first-order chi connectivity index (χ1) is 9.51. The van der Waals surface area contributed by atoms with Crippen LogP contribution in [0.1, 0.15) is 20.8 Å². The lowest BCUT2D eigenvalue weighted by molar-refractivity contribution is -0.123. The molecule has 5 heteroatoms. The fraction of sp³-hybridized carbons (Fsp3) is 0.467. The molecule has 0 saturated carbocycles. The van der Waals surface area contributed by atoms with Gasteiger partial charge in [0, 0.05) is 19.3 Å². The average Bonchev–Trinajstić information content (AvgIpc) is 2.45. The Balaban J connectivity index is 2.84. The number of carbonyl (C=O) groups excluding carboxylic acids is 2. The van der Waals surface area contributed by atoms with Crippen molar-refractivity contribution in [3.8, 4) is 0 Å². The van der Waals surface area contributed by atoms with Crippen molar-refractivity contribution in [3.05, 3.63) is 30.3 Å². The number of likely N-dealkylation sites (N-methyl/N-ethyl adjacent to an activating group) is 1. The minimum Gasteiger partial charge on any atom is -0.357 e. The Bertz CT molecular complexity index is 446. The van der Waals surface area contributed by atoms with E-state index in [9.17, 15) is 9.59 Å². The summed E-state index contributed by atoms with van der Waals surface area (Å²) in [4.78, 5) is 25.7. The lowest BCUT2D eigenvalue weighted by Crippen LogP contribution is -2.53. The molecule has 1 aromatic rings. The van der Waals surface area contributed by atoms with Crippen LogP contribution < -0.4 is 15.5 Å². The molecule has 0 unspecified atom stereocenters. The summed E-state index contributed by atoms with van der Waals surface area (Å²) in [5.74, 6) is -0.161. The van der Waals surface area contributed by atoms with Gasteiger partial charge < -0.3 is 10.6 Å². The van der Waals surface area contributed by atoms with Gasteiger partial charge in [-0.3, -0.25) is 9.69 Å². The number of nitrogens with zero attached hydrogens (tertiary/aromatic N) is 1. The van der Waals surface area contributed by atoms with Crippen LogP contribution >= 0.6 is 0 Å². The van der Waals surface area contributed by atoms with Crippen molar-refractivity contribution in [2.75, 3.05) is 18.5 Å². The van der Waals surface area contributed by atoms with E-state index in [4.69, 9.17) is 0 Å². The highest BCUT2D eigenvalue weighted by molar-refractivity contribution is 5.95. The monoisotopic (exact) mass is 277 g/mol. The highest BCUT2D eigenvalue weighted by Crippen LogP contribution is 2.13. The SMILES string of the molecule is CCN(C(=O)N[C@H](C(=O)NC)C(C)C)c1ccccc1. The van der Waals surface area contributed by atoms with Gasteiger partial charge in [0.05, 0.1) is 0 Å². The number of hydrogen-bond acceptors (Lipinski definition) is 2. The second-order valence-electron chi connectivity index (χ2n) is 4.87. The van der Waals surface area contributed by atoms with Crippen molar-refractivity contribution in [3.63, 3.8) is 0 Å². The van der Waals surface area contributed by atoms with Crippen LogP contribution in [-0.2, 0) is 4.79 Å². The number of para-hydroxylation sites is 1. The van der Waals surface area contributed by atoms with E-state index in [-0.39, 0.29) is 17.9 Å². The largest absolute Gasteiger partial charge is 0.357 e. The number of carbonyl (C=O) groups is 2. The van der Waals surface area contributed by atoms with E-state index in [1.807, 2.05) is 51.1 Å². The maximum atomic E-state index is 12.3. The number of amides is 3. The summed E-state index contributed by atoms with van der Waals surface area (Å²) in [5.41, 5.74) is 0.812. The van der Waals surface area contributed by atoms with Gasteiger partial charge >= 0.3 is 6.03 Å². The van der Waals surface area contributed by atoms with Gasteiger partial charge in [0.2, 0.25) is 5.91 Å². The molecular formula is C15H23N3O2. The van der Waals surface area contributed by atoms with Crippen molar-refractivity contribution in [2.45, 2.75) is 26.8 Å². The van der Waals surface area contributed by atoms with Crippen molar-refractivity contribution in [1.82, 2.24) is 10.6 Å². The lowest BCUT2D eigenvalue weighted by Gasteiger charge is -2.26. The van der Waals surface area contributed by atoms with E-state index in [1.165, 1.54) is 0 Å². The minimum absolute atomic E-state index is 0.0216. The Kier molecular flexibility index (Phi) is 6.03. The first kappa shape index (κ1) is 16.0. The molecule has 110 valence electrons. The Labute approximate surface area is 120 Å². The fourth-order valence-electron chi connectivity index (χ4n) is 1.95. The molecule has 2 N–H and O–H groups in total. The normalized spacial score (nSPS) is 11.8. The standard InChI is InChI=1S/C15H23N3O2/c1-5-18(12-9-7-6-8-10-12)15(20)17-13(11(2)3)14(19)16-4/h6-11,13H,5H2,1-4H3,(H,16,19)(H,17,20)/t13-/m0/s1. The first-order valence-electron chi connectivity index (χ1n) is 6.85. The van der Waals surface area contributed by atoms with Crippen LogP contribution in [0.25, 0.3) is 0 Å². The second-order valence-corrected chi connectivity index (χ2v) is 4.87. The second kappa shape index (κ2) is 7.53. The third kappa shape index (κ3) is 3.98. The number of nitrogens with one attached hydrogen (secondary N) is 2. The zero-order valence-corrected chi connectivity index (χ0v) is 12.5. The smallest absolute Gasteiger partial charge is 0.322 e. The van der Waals surface area contributed by atoms with Crippen molar-refractivity contribution in [1.29, 1.82) is 0 Å². The molecule has 0 bridgehead atoms. The summed E-state index contributed by atoms with van der Waals surface area (Å²) in [6.07, 6.45) is 0. The van der Waals surface area contributed by atoms with E-state index in [2.05, 4.69) is 10.6 Å². The van der Waals surface area contributed by atoms with E-state index >= 15 is 0 Å². The number of benzene rings is 1. The Morgan fingerprint density at radius 1 is 1.20 bits per heavy atom. The molecule has 5 nitrogen and oxygen atoms in total.